The smallest absolute Gasteiger partial charge is 0.325 e. The highest BCUT2D eigenvalue weighted by Gasteiger charge is 2.49. The molecule has 2 aliphatic rings. The molecule has 0 radical (unpaired) electrons. The van der Waals surface area contributed by atoms with Crippen LogP contribution >= 0.6 is 0 Å². The van der Waals surface area contributed by atoms with E-state index in [1.54, 1.807) is 31.2 Å². The number of urea groups is 1. The first-order valence-electron chi connectivity index (χ1n) is 11.3. The second kappa shape index (κ2) is 9.55. The van der Waals surface area contributed by atoms with Crippen molar-refractivity contribution in [2.75, 3.05) is 25.0 Å². The summed E-state index contributed by atoms with van der Waals surface area (Å²) in [4.78, 5) is 39.0. The zero-order chi connectivity index (χ0) is 24.3. The Balaban J connectivity index is 1.40. The van der Waals surface area contributed by atoms with Crippen molar-refractivity contribution in [3.05, 3.63) is 60.2 Å². The van der Waals surface area contributed by atoms with E-state index in [1.165, 1.54) is 28.6 Å². The second-order valence-electron chi connectivity index (χ2n) is 8.70. The highest BCUT2D eigenvalue weighted by atomic mass is 32.2. The normalized spacial score (nSPS) is 21.7. The predicted molar refractivity (Wildman–Crippen MR) is 126 cm³/mol. The maximum Gasteiger partial charge on any atom is 0.325 e. The molecule has 4 amide bonds. The van der Waals surface area contributed by atoms with Gasteiger partial charge in [0.2, 0.25) is 15.9 Å². The van der Waals surface area contributed by atoms with Gasteiger partial charge < -0.3 is 10.6 Å². The molecule has 4 rings (SSSR count). The van der Waals surface area contributed by atoms with Crippen molar-refractivity contribution in [2.45, 2.75) is 43.0 Å². The lowest BCUT2D eigenvalue weighted by Gasteiger charge is -2.22. The Labute approximate surface area is 199 Å². The third-order valence-electron chi connectivity index (χ3n) is 6.27. The van der Waals surface area contributed by atoms with Crippen molar-refractivity contribution < 1.29 is 22.8 Å². The van der Waals surface area contributed by atoms with Crippen LogP contribution in [0.2, 0.25) is 0 Å². The number of amides is 4. The summed E-state index contributed by atoms with van der Waals surface area (Å²) in [5.74, 6) is -1.08. The molecule has 2 saturated heterocycles. The fourth-order valence-electron chi connectivity index (χ4n) is 4.29. The van der Waals surface area contributed by atoms with E-state index in [-0.39, 0.29) is 4.90 Å². The summed E-state index contributed by atoms with van der Waals surface area (Å²) in [5, 5.41) is 5.29. The first-order chi connectivity index (χ1) is 16.2. The van der Waals surface area contributed by atoms with Gasteiger partial charge in [0, 0.05) is 18.8 Å². The standard InChI is InChI=1S/C24H28N4O5S/c1-24(18-9-5-4-6-10-18)22(30)28(23(31)26-24)17-21(29)25-19-11-13-20(14-12-19)34(32,33)27-15-7-2-3-8-16-27/h4-6,9-14H,2-3,7-8,15-17H2,1H3,(H,25,29)(H,26,31). The van der Waals surface area contributed by atoms with Crippen LogP contribution in [0.4, 0.5) is 10.5 Å². The minimum absolute atomic E-state index is 0.167. The summed E-state index contributed by atoms with van der Waals surface area (Å²) in [6, 6.07) is 14.1. The molecule has 10 heteroatoms. The molecular formula is C24H28N4O5S. The van der Waals surface area contributed by atoms with E-state index in [2.05, 4.69) is 10.6 Å². The molecule has 1 unspecified atom stereocenters. The quantitative estimate of drug-likeness (QED) is 0.612. The van der Waals surface area contributed by atoms with Crippen LogP contribution < -0.4 is 10.6 Å². The van der Waals surface area contributed by atoms with Gasteiger partial charge >= 0.3 is 6.03 Å². The van der Waals surface area contributed by atoms with Gasteiger partial charge in [-0.2, -0.15) is 4.31 Å². The van der Waals surface area contributed by atoms with Crippen molar-refractivity contribution in [3.63, 3.8) is 0 Å². The van der Waals surface area contributed by atoms with Crippen molar-refractivity contribution in [3.8, 4) is 0 Å². The molecule has 2 N–H and O–H groups in total. The highest BCUT2D eigenvalue weighted by molar-refractivity contribution is 7.89. The maximum absolute atomic E-state index is 12.9. The van der Waals surface area contributed by atoms with E-state index in [1.807, 2.05) is 6.07 Å². The number of nitrogens with one attached hydrogen (secondary N) is 2. The number of rotatable bonds is 6. The molecule has 2 aliphatic heterocycles. The van der Waals surface area contributed by atoms with Gasteiger partial charge in [-0.15, -0.1) is 0 Å². The van der Waals surface area contributed by atoms with Crippen LogP contribution in [0, 0.1) is 0 Å². The Morgan fingerprint density at radius 2 is 1.59 bits per heavy atom. The molecule has 34 heavy (non-hydrogen) atoms. The Morgan fingerprint density at radius 3 is 2.21 bits per heavy atom. The molecule has 2 heterocycles. The van der Waals surface area contributed by atoms with E-state index in [4.69, 9.17) is 0 Å². The van der Waals surface area contributed by atoms with Gasteiger partial charge in [-0.05, 0) is 49.6 Å². The summed E-state index contributed by atoms with van der Waals surface area (Å²) >= 11 is 0. The molecule has 0 bridgehead atoms. The van der Waals surface area contributed by atoms with Crippen LogP contribution in [0.5, 0.6) is 0 Å². The minimum atomic E-state index is -3.59. The van der Waals surface area contributed by atoms with Gasteiger partial charge in [0.1, 0.15) is 12.1 Å². The predicted octanol–water partition coefficient (Wildman–Crippen LogP) is 2.66. The number of hydrogen-bond acceptors (Lipinski definition) is 5. The second-order valence-corrected chi connectivity index (χ2v) is 10.6. The van der Waals surface area contributed by atoms with Gasteiger partial charge in [0.05, 0.1) is 4.90 Å². The van der Waals surface area contributed by atoms with Gasteiger partial charge in [-0.1, -0.05) is 43.2 Å². The van der Waals surface area contributed by atoms with E-state index in [0.717, 1.165) is 30.6 Å². The topological polar surface area (TPSA) is 116 Å². The summed E-state index contributed by atoms with van der Waals surface area (Å²) in [7, 11) is -3.59. The van der Waals surface area contributed by atoms with Crippen LogP contribution in [0.3, 0.4) is 0 Å². The van der Waals surface area contributed by atoms with Gasteiger partial charge in [-0.3, -0.25) is 14.5 Å². The number of benzene rings is 2. The number of imide groups is 1. The van der Waals surface area contributed by atoms with Gasteiger partial charge in [0.25, 0.3) is 5.91 Å². The minimum Gasteiger partial charge on any atom is -0.325 e. The molecule has 1 atom stereocenters. The SMILES string of the molecule is CC1(c2ccccc2)NC(=O)N(CC(=O)Nc2ccc(S(=O)(=O)N3CCCCCC3)cc2)C1=O. The summed E-state index contributed by atoms with van der Waals surface area (Å²) in [5.41, 5.74) is -0.253. The lowest BCUT2D eigenvalue weighted by atomic mass is 9.92. The average molecular weight is 485 g/mol. The monoisotopic (exact) mass is 484 g/mol. The van der Waals surface area contributed by atoms with Gasteiger partial charge in [-0.25, -0.2) is 13.2 Å². The zero-order valence-corrected chi connectivity index (χ0v) is 19.8. The Hall–Kier alpha value is -3.24. The van der Waals surface area contributed by atoms with E-state index < -0.39 is 40.0 Å². The van der Waals surface area contributed by atoms with Crippen molar-refractivity contribution in [2.24, 2.45) is 0 Å². The number of sulfonamides is 1. The Bertz CT molecular complexity index is 1180. The van der Waals surface area contributed by atoms with Crippen LogP contribution in [0.15, 0.2) is 59.5 Å². The molecule has 180 valence electrons. The Kier molecular flexibility index (Phi) is 6.72. The zero-order valence-electron chi connectivity index (χ0n) is 19.0. The molecule has 2 aromatic carbocycles. The molecule has 0 aromatic heterocycles. The number of hydrogen-bond donors (Lipinski definition) is 2. The lowest BCUT2D eigenvalue weighted by molar-refractivity contribution is -0.133. The molecule has 9 nitrogen and oxygen atoms in total. The lowest BCUT2D eigenvalue weighted by Crippen LogP contribution is -2.42. The molecule has 0 aliphatic carbocycles. The third-order valence-corrected chi connectivity index (χ3v) is 8.18. The van der Waals surface area contributed by atoms with Crippen LogP contribution in [0.25, 0.3) is 0 Å². The third kappa shape index (κ3) is 4.69. The summed E-state index contributed by atoms with van der Waals surface area (Å²) in [6.45, 7) is 2.16. The molecule has 2 fully saturated rings. The number of nitrogens with zero attached hydrogens (tertiary/aromatic N) is 2. The molecule has 2 aromatic rings. The molecule has 0 saturated carbocycles. The van der Waals surface area contributed by atoms with E-state index in [9.17, 15) is 22.8 Å². The van der Waals surface area contributed by atoms with Crippen LogP contribution in [0.1, 0.15) is 38.2 Å². The summed E-state index contributed by atoms with van der Waals surface area (Å²) in [6.07, 6.45) is 3.75. The van der Waals surface area contributed by atoms with E-state index >= 15 is 0 Å². The van der Waals surface area contributed by atoms with Crippen LogP contribution in [-0.2, 0) is 25.2 Å². The average Bonchev–Trinajstić information content (AvgIpc) is 3.03. The van der Waals surface area contributed by atoms with Crippen molar-refractivity contribution >= 4 is 33.6 Å². The first kappa shape index (κ1) is 23.9. The van der Waals surface area contributed by atoms with Crippen LogP contribution in [-0.4, -0.2) is 55.1 Å². The van der Waals surface area contributed by atoms with Crippen molar-refractivity contribution in [1.29, 1.82) is 0 Å². The highest BCUT2D eigenvalue weighted by Crippen LogP contribution is 2.28. The molecular weight excluding hydrogens is 456 g/mol. The van der Waals surface area contributed by atoms with Gasteiger partial charge in [0.15, 0.2) is 0 Å². The number of anilines is 1. The van der Waals surface area contributed by atoms with E-state index in [0.29, 0.717) is 24.3 Å². The van der Waals surface area contributed by atoms with Crippen molar-refractivity contribution in [1.82, 2.24) is 14.5 Å². The summed E-state index contributed by atoms with van der Waals surface area (Å²) < 4.78 is 27.3. The fraction of sp³-hybridized carbons (Fsp3) is 0.375. The first-order valence-corrected chi connectivity index (χ1v) is 12.8. The fourth-order valence-corrected chi connectivity index (χ4v) is 5.81. The largest absolute Gasteiger partial charge is 0.325 e. The number of carbonyl (C=O) groups excluding carboxylic acids is 3. The maximum atomic E-state index is 12.9. The Morgan fingerprint density at radius 1 is 0.971 bits per heavy atom. The number of carbonyl (C=O) groups is 3. The molecule has 0 spiro atoms.